The minimum Gasteiger partial charge on any atom is -0.304 e. The number of fused-ring (bicyclic) bond motifs is 1. The van der Waals surface area contributed by atoms with Crippen LogP contribution in [0.15, 0.2) is 36.0 Å². The SMILES string of the molecule is C=[N+]=Nc1cccn2cncc12. The van der Waals surface area contributed by atoms with Crippen LogP contribution in [-0.4, -0.2) is 20.9 Å². The molecule has 0 aliphatic rings. The van der Waals surface area contributed by atoms with Crippen LogP contribution in [0, 0.1) is 0 Å². The Hall–Kier alpha value is -1.93. The molecule has 2 aromatic heterocycles. The number of hydrogen-bond donors (Lipinski definition) is 0. The summed E-state index contributed by atoms with van der Waals surface area (Å²) in [6.07, 6.45) is 5.37. The molecule has 2 heterocycles. The lowest BCUT2D eigenvalue weighted by Gasteiger charge is -1.90. The highest BCUT2D eigenvalue weighted by molar-refractivity contribution is 5.66. The highest BCUT2D eigenvalue weighted by Gasteiger charge is 2.01. The molecule has 2 aromatic rings. The Morgan fingerprint density at radius 3 is 3.33 bits per heavy atom. The second kappa shape index (κ2) is 2.60. The molecule has 0 aliphatic carbocycles. The standard InChI is InChI=1S/C8H7N4/c1-9-11-7-3-2-4-12-6-10-5-8(7)12/h2-6H,1H2/q+1. The Balaban J connectivity index is 2.81. The number of rotatable bonds is 1. The summed E-state index contributed by atoms with van der Waals surface area (Å²) in [7, 11) is 0. The summed E-state index contributed by atoms with van der Waals surface area (Å²) in [4.78, 5) is 7.45. The zero-order valence-corrected chi connectivity index (χ0v) is 6.38. The van der Waals surface area contributed by atoms with Crippen LogP contribution < -0.4 is 0 Å². The summed E-state index contributed by atoms with van der Waals surface area (Å²) in [6.45, 7) is 3.30. The number of nitrogens with zero attached hydrogens (tertiary/aromatic N) is 4. The minimum atomic E-state index is 0.782. The molecule has 0 fully saturated rings. The number of pyridine rings is 1. The van der Waals surface area contributed by atoms with E-state index in [0.29, 0.717) is 0 Å². The van der Waals surface area contributed by atoms with Crippen LogP contribution in [0.3, 0.4) is 0 Å². The molecule has 0 radical (unpaired) electrons. The fourth-order valence-electron chi connectivity index (χ4n) is 1.09. The molecule has 0 bridgehead atoms. The lowest BCUT2D eigenvalue weighted by Crippen LogP contribution is -1.79. The smallest absolute Gasteiger partial charge is 0.296 e. The van der Waals surface area contributed by atoms with Gasteiger partial charge in [-0.3, -0.25) is 0 Å². The van der Waals surface area contributed by atoms with Crippen molar-refractivity contribution in [2.45, 2.75) is 0 Å². The zero-order chi connectivity index (χ0) is 8.39. The maximum Gasteiger partial charge on any atom is 0.296 e. The van der Waals surface area contributed by atoms with Gasteiger partial charge >= 0.3 is 0 Å². The third-order valence-electron chi connectivity index (χ3n) is 1.61. The van der Waals surface area contributed by atoms with Gasteiger partial charge in [0.05, 0.1) is 18.0 Å². The molecule has 12 heavy (non-hydrogen) atoms. The van der Waals surface area contributed by atoms with Gasteiger partial charge in [-0.2, -0.15) is 0 Å². The summed E-state index contributed by atoms with van der Waals surface area (Å²) in [5.74, 6) is 0. The lowest BCUT2D eigenvalue weighted by molar-refractivity contribution is -0.0628. The van der Waals surface area contributed by atoms with Gasteiger partial charge in [0.25, 0.3) is 6.72 Å². The molecule has 58 valence electrons. The largest absolute Gasteiger partial charge is 0.304 e. The fraction of sp³-hybridized carbons (Fsp3) is 0. The molecule has 4 nitrogen and oxygen atoms in total. The average molecular weight is 159 g/mol. The molecular weight excluding hydrogens is 152 g/mol. The van der Waals surface area contributed by atoms with Gasteiger partial charge in [-0.05, 0) is 12.1 Å². The molecule has 0 spiro atoms. The van der Waals surface area contributed by atoms with E-state index in [1.54, 1.807) is 12.5 Å². The zero-order valence-electron chi connectivity index (χ0n) is 6.38. The molecule has 0 unspecified atom stereocenters. The monoisotopic (exact) mass is 159 g/mol. The van der Waals surface area contributed by atoms with Crippen LogP contribution in [-0.2, 0) is 0 Å². The van der Waals surface area contributed by atoms with Gasteiger partial charge < -0.3 is 4.40 Å². The molecular formula is C8H7N4+. The first kappa shape index (κ1) is 6.76. The van der Waals surface area contributed by atoms with E-state index >= 15 is 0 Å². The van der Waals surface area contributed by atoms with Gasteiger partial charge in [0.15, 0.2) is 5.69 Å². The van der Waals surface area contributed by atoms with Crippen LogP contribution in [0.25, 0.3) is 5.52 Å². The van der Waals surface area contributed by atoms with Crippen LogP contribution in [0.5, 0.6) is 0 Å². The molecule has 0 amide bonds. The molecule has 0 aliphatic heterocycles. The van der Waals surface area contributed by atoms with E-state index in [1.165, 1.54) is 0 Å². The topological polar surface area (TPSA) is 43.8 Å². The fourth-order valence-corrected chi connectivity index (χ4v) is 1.09. The lowest BCUT2D eigenvalue weighted by atomic mass is 10.4. The van der Waals surface area contributed by atoms with Crippen molar-refractivity contribution < 1.29 is 4.79 Å². The Bertz CT molecular complexity index is 451. The van der Waals surface area contributed by atoms with Gasteiger partial charge in [-0.15, -0.1) is 0 Å². The molecule has 0 saturated heterocycles. The molecule has 0 saturated carbocycles. The van der Waals surface area contributed by atoms with Crippen LogP contribution >= 0.6 is 0 Å². The maximum absolute atomic E-state index is 3.99. The van der Waals surface area contributed by atoms with E-state index in [0.717, 1.165) is 11.2 Å². The Morgan fingerprint density at radius 1 is 1.58 bits per heavy atom. The Labute approximate surface area is 68.9 Å². The van der Waals surface area contributed by atoms with Crippen molar-refractivity contribution in [3.05, 3.63) is 30.9 Å². The van der Waals surface area contributed by atoms with Crippen molar-refractivity contribution in [3.63, 3.8) is 0 Å². The third kappa shape index (κ3) is 0.909. The number of imidazole rings is 1. The minimum absolute atomic E-state index is 0.782. The van der Waals surface area contributed by atoms with Crippen LogP contribution in [0.2, 0.25) is 0 Å². The van der Waals surface area contributed by atoms with Crippen molar-refractivity contribution in [2.24, 2.45) is 5.11 Å². The molecule has 0 N–H and O–H groups in total. The number of aromatic nitrogens is 2. The summed E-state index contributed by atoms with van der Waals surface area (Å²) < 4.78 is 1.88. The third-order valence-corrected chi connectivity index (χ3v) is 1.61. The van der Waals surface area contributed by atoms with Crippen molar-refractivity contribution in [1.29, 1.82) is 0 Å². The van der Waals surface area contributed by atoms with E-state index < -0.39 is 0 Å². The van der Waals surface area contributed by atoms with E-state index in [4.69, 9.17) is 0 Å². The Kier molecular flexibility index (Phi) is 1.47. The highest BCUT2D eigenvalue weighted by Crippen LogP contribution is 2.17. The normalized spacial score (nSPS) is 9.67. The predicted molar refractivity (Wildman–Crippen MR) is 44.7 cm³/mol. The first-order chi connectivity index (χ1) is 5.92. The Morgan fingerprint density at radius 2 is 2.50 bits per heavy atom. The maximum atomic E-state index is 3.99. The van der Waals surface area contributed by atoms with Crippen molar-refractivity contribution in [3.8, 4) is 0 Å². The predicted octanol–water partition coefficient (Wildman–Crippen LogP) is 1.33. The van der Waals surface area contributed by atoms with Gasteiger partial charge in [0, 0.05) is 11.0 Å². The molecule has 4 heteroatoms. The number of hydrogen-bond acceptors (Lipinski definition) is 2. The van der Waals surface area contributed by atoms with Crippen molar-refractivity contribution in [1.82, 2.24) is 9.38 Å². The van der Waals surface area contributed by atoms with Crippen molar-refractivity contribution in [2.75, 3.05) is 0 Å². The summed E-state index contributed by atoms with van der Waals surface area (Å²) in [6, 6.07) is 3.75. The summed E-state index contributed by atoms with van der Waals surface area (Å²) in [5, 5.41) is 3.86. The highest BCUT2D eigenvalue weighted by atomic mass is 15.1. The molecule has 0 aromatic carbocycles. The van der Waals surface area contributed by atoms with Gasteiger partial charge in [-0.1, -0.05) is 0 Å². The first-order valence-corrected chi connectivity index (χ1v) is 3.49. The summed E-state index contributed by atoms with van der Waals surface area (Å²) in [5.41, 5.74) is 1.72. The van der Waals surface area contributed by atoms with E-state index in [1.807, 2.05) is 22.7 Å². The van der Waals surface area contributed by atoms with Gasteiger partial charge in [0.2, 0.25) is 0 Å². The molecule has 0 atom stereocenters. The molecule has 2 rings (SSSR count). The van der Waals surface area contributed by atoms with Gasteiger partial charge in [-0.25, -0.2) is 4.98 Å². The van der Waals surface area contributed by atoms with E-state index in [-0.39, 0.29) is 0 Å². The van der Waals surface area contributed by atoms with E-state index in [9.17, 15) is 0 Å². The quantitative estimate of drug-likeness (QED) is 0.351. The van der Waals surface area contributed by atoms with Crippen LogP contribution in [0.4, 0.5) is 5.69 Å². The second-order valence-electron chi connectivity index (χ2n) is 2.32. The van der Waals surface area contributed by atoms with Gasteiger partial charge in [0.1, 0.15) is 5.11 Å². The van der Waals surface area contributed by atoms with Crippen molar-refractivity contribution >= 4 is 17.9 Å². The summed E-state index contributed by atoms with van der Waals surface area (Å²) >= 11 is 0. The second-order valence-corrected chi connectivity index (χ2v) is 2.32. The average Bonchev–Trinajstić information content (AvgIpc) is 2.53. The van der Waals surface area contributed by atoms with E-state index in [2.05, 4.69) is 21.6 Å². The van der Waals surface area contributed by atoms with Crippen LogP contribution in [0.1, 0.15) is 0 Å². The first-order valence-electron chi connectivity index (χ1n) is 3.49.